The maximum Gasteiger partial charge on any atom is 0.296 e. The molecule has 31 heavy (non-hydrogen) atoms. The lowest BCUT2D eigenvalue weighted by atomic mass is 10.2. The number of hydrogen-bond donors (Lipinski definition) is 0. The molecule has 0 N–H and O–H groups in total. The third kappa shape index (κ3) is 3.90. The second-order valence-electron chi connectivity index (χ2n) is 7.08. The molecule has 0 aliphatic heterocycles. The summed E-state index contributed by atoms with van der Waals surface area (Å²) in [5.41, 5.74) is 2.54. The highest BCUT2D eigenvalue weighted by Crippen LogP contribution is 2.33. The lowest BCUT2D eigenvalue weighted by molar-refractivity contribution is 0.0960. The third-order valence-electron chi connectivity index (χ3n) is 4.96. The number of carbonyl (C=O) groups excluding carboxylic acids is 1. The van der Waals surface area contributed by atoms with E-state index in [1.807, 2.05) is 79.7 Å². The molecular weight excluding hydrogens is 408 g/mol. The average molecular weight is 429 g/mol. The maximum atomic E-state index is 13.5. The van der Waals surface area contributed by atoms with E-state index in [-0.39, 0.29) is 5.91 Å². The first-order chi connectivity index (χ1) is 15.2. The van der Waals surface area contributed by atoms with Crippen LogP contribution < -0.4 is 9.64 Å². The van der Waals surface area contributed by atoms with Gasteiger partial charge < -0.3 is 9.15 Å². The largest absolute Gasteiger partial charge is 0.494 e. The van der Waals surface area contributed by atoms with Crippen LogP contribution in [0.1, 0.15) is 23.0 Å². The Morgan fingerprint density at radius 1 is 1.03 bits per heavy atom. The summed E-state index contributed by atoms with van der Waals surface area (Å²) in [6.07, 6.45) is 0. The van der Waals surface area contributed by atoms with Crippen LogP contribution in [-0.2, 0) is 6.54 Å². The van der Waals surface area contributed by atoms with Crippen molar-refractivity contribution in [2.24, 2.45) is 0 Å². The highest BCUT2D eigenvalue weighted by molar-refractivity contribution is 7.22. The Morgan fingerprint density at radius 3 is 2.65 bits per heavy atom. The molecule has 0 radical (unpaired) electrons. The van der Waals surface area contributed by atoms with Gasteiger partial charge in [0.1, 0.15) is 11.3 Å². The van der Waals surface area contributed by atoms with Crippen molar-refractivity contribution < 1.29 is 13.9 Å². The summed E-state index contributed by atoms with van der Waals surface area (Å²) in [7, 11) is 0. The van der Waals surface area contributed by atoms with Crippen LogP contribution in [0.4, 0.5) is 5.13 Å². The number of para-hydroxylation sites is 1. The Kier molecular flexibility index (Phi) is 5.14. The molecule has 5 nitrogen and oxygen atoms in total. The van der Waals surface area contributed by atoms with E-state index in [4.69, 9.17) is 14.1 Å². The Hall–Kier alpha value is -3.64. The third-order valence-corrected chi connectivity index (χ3v) is 6.00. The highest BCUT2D eigenvalue weighted by Gasteiger charge is 2.25. The van der Waals surface area contributed by atoms with Gasteiger partial charge in [0.25, 0.3) is 5.91 Å². The molecule has 1 amide bonds. The van der Waals surface area contributed by atoms with E-state index in [0.717, 1.165) is 26.9 Å². The van der Waals surface area contributed by atoms with E-state index in [1.165, 1.54) is 11.3 Å². The molecule has 5 rings (SSSR count). The number of nitrogens with zero attached hydrogens (tertiary/aromatic N) is 2. The van der Waals surface area contributed by atoms with E-state index in [0.29, 0.717) is 29.6 Å². The molecule has 0 aliphatic carbocycles. The molecule has 5 aromatic rings. The molecule has 0 spiro atoms. The van der Waals surface area contributed by atoms with Gasteiger partial charge in [0.05, 0.1) is 23.4 Å². The lowest BCUT2D eigenvalue weighted by Crippen LogP contribution is -2.30. The second-order valence-corrected chi connectivity index (χ2v) is 8.09. The topological polar surface area (TPSA) is 55.6 Å². The fourth-order valence-electron chi connectivity index (χ4n) is 3.48. The number of thiazole rings is 1. The first-order valence-corrected chi connectivity index (χ1v) is 10.9. The van der Waals surface area contributed by atoms with Crippen molar-refractivity contribution >= 4 is 43.6 Å². The van der Waals surface area contributed by atoms with E-state index >= 15 is 0 Å². The zero-order chi connectivity index (χ0) is 21.2. The number of aromatic nitrogens is 1. The summed E-state index contributed by atoms with van der Waals surface area (Å²) in [6, 6.07) is 25.1. The van der Waals surface area contributed by atoms with Crippen LogP contribution in [0.2, 0.25) is 0 Å². The lowest BCUT2D eigenvalue weighted by Gasteiger charge is -2.18. The minimum Gasteiger partial charge on any atom is -0.494 e. The van der Waals surface area contributed by atoms with E-state index < -0.39 is 0 Å². The first-order valence-electron chi connectivity index (χ1n) is 10.1. The normalized spacial score (nSPS) is 11.1. The summed E-state index contributed by atoms with van der Waals surface area (Å²) >= 11 is 1.47. The number of hydrogen-bond acceptors (Lipinski definition) is 5. The molecule has 0 aliphatic rings. The molecule has 0 saturated heterocycles. The van der Waals surface area contributed by atoms with Gasteiger partial charge in [-0.05, 0) is 42.8 Å². The predicted molar refractivity (Wildman–Crippen MR) is 124 cm³/mol. The monoisotopic (exact) mass is 428 g/mol. The summed E-state index contributed by atoms with van der Waals surface area (Å²) < 4.78 is 12.4. The molecule has 6 heteroatoms. The minimum absolute atomic E-state index is 0.218. The maximum absolute atomic E-state index is 13.5. The average Bonchev–Trinajstić information content (AvgIpc) is 3.42. The zero-order valence-electron chi connectivity index (χ0n) is 16.9. The number of furan rings is 1. The van der Waals surface area contributed by atoms with Gasteiger partial charge in [0.2, 0.25) is 0 Å². The number of carbonyl (C=O) groups is 1. The van der Waals surface area contributed by atoms with Gasteiger partial charge in [-0.1, -0.05) is 59.9 Å². The molecule has 0 unspecified atom stereocenters. The van der Waals surface area contributed by atoms with Crippen LogP contribution in [0.25, 0.3) is 21.2 Å². The van der Waals surface area contributed by atoms with Gasteiger partial charge >= 0.3 is 0 Å². The Balaban J connectivity index is 1.56. The summed E-state index contributed by atoms with van der Waals surface area (Å²) in [5.74, 6) is 0.874. The molecule has 3 aromatic carbocycles. The molecule has 0 fully saturated rings. The van der Waals surface area contributed by atoms with E-state index in [9.17, 15) is 4.79 Å². The van der Waals surface area contributed by atoms with Gasteiger partial charge in [-0.3, -0.25) is 9.69 Å². The van der Waals surface area contributed by atoms with Gasteiger partial charge in [0.15, 0.2) is 10.9 Å². The van der Waals surface area contributed by atoms with E-state index in [2.05, 4.69) is 0 Å². The quantitative estimate of drug-likeness (QED) is 0.319. The van der Waals surface area contributed by atoms with Gasteiger partial charge in [-0.2, -0.15) is 0 Å². The zero-order valence-corrected chi connectivity index (χ0v) is 17.8. The Morgan fingerprint density at radius 2 is 1.84 bits per heavy atom. The SMILES string of the molecule is CCOc1ccc2nc(N(Cc3ccccc3)C(=O)c3cc4ccccc4o3)sc2c1. The standard InChI is InChI=1S/C25H20N2O3S/c1-2-29-19-12-13-20-23(15-19)31-25(26-20)27(16-17-8-4-3-5-9-17)24(28)22-14-18-10-6-7-11-21(18)30-22/h3-15H,2,16H2,1H3. The van der Waals surface area contributed by atoms with Crippen molar-refractivity contribution in [2.75, 3.05) is 11.5 Å². The van der Waals surface area contributed by atoms with Crippen LogP contribution in [0.5, 0.6) is 5.75 Å². The molecule has 2 heterocycles. The number of anilines is 1. The number of benzene rings is 3. The molecular formula is C25H20N2O3S. The first kappa shape index (κ1) is 19.3. The summed E-state index contributed by atoms with van der Waals surface area (Å²) in [6.45, 7) is 2.95. The van der Waals surface area contributed by atoms with E-state index in [1.54, 1.807) is 11.0 Å². The Bertz CT molecular complexity index is 1320. The highest BCUT2D eigenvalue weighted by atomic mass is 32.1. The fourth-order valence-corrected chi connectivity index (χ4v) is 4.47. The van der Waals surface area contributed by atoms with Crippen molar-refractivity contribution in [1.29, 1.82) is 0 Å². The molecule has 0 saturated carbocycles. The summed E-state index contributed by atoms with van der Waals surface area (Å²) in [4.78, 5) is 20.0. The van der Waals surface area contributed by atoms with Crippen molar-refractivity contribution in [3.05, 3.63) is 90.2 Å². The molecule has 2 aromatic heterocycles. The van der Waals surface area contributed by atoms with Crippen molar-refractivity contribution in [3.8, 4) is 5.75 Å². The fraction of sp³-hybridized carbons (Fsp3) is 0.120. The van der Waals surface area contributed by atoms with Gasteiger partial charge in [0, 0.05) is 5.39 Å². The number of rotatable bonds is 6. The van der Waals surface area contributed by atoms with Crippen molar-refractivity contribution in [2.45, 2.75) is 13.5 Å². The number of fused-ring (bicyclic) bond motifs is 2. The van der Waals surface area contributed by atoms with Gasteiger partial charge in [-0.15, -0.1) is 0 Å². The predicted octanol–water partition coefficient (Wildman–Crippen LogP) is 6.29. The van der Waals surface area contributed by atoms with Crippen molar-refractivity contribution in [3.63, 3.8) is 0 Å². The Labute approximate surface area is 183 Å². The van der Waals surface area contributed by atoms with Crippen molar-refractivity contribution in [1.82, 2.24) is 4.98 Å². The molecule has 154 valence electrons. The van der Waals surface area contributed by atoms with Crippen LogP contribution in [0.3, 0.4) is 0 Å². The molecule has 0 bridgehead atoms. The number of amides is 1. The second kappa shape index (κ2) is 8.24. The van der Waals surface area contributed by atoms with Crippen LogP contribution in [0.15, 0.2) is 83.3 Å². The van der Waals surface area contributed by atoms with Crippen LogP contribution in [0, 0.1) is 0 Å². The minimum atomic E-state index is -0.218. The summed E-state index contributed by atoms with van der Waals surface area (Å²) in [5, 5.41) is 1.52. The smallest absolute Gasteiger partial charge is 0.296 e. The van der Waals surface area contributed by atoms with Gasteiger partial charge in [-0.25, -0.2) is 4.98 Å². The van der Waals surface area contributed by atoms with Crippen LogP contribution in [-0.4, -0.2) is 17.5 Å². The van der Waals surface area contributed by atoms with Crippen LogP contribution >= 0.6 is 11.3 Å². The number of ether oxygens (including phenoxy) is 1. The molecule has 0 atom stereocenters.